The highest BCUT2D eigenvalue weighted by atomic mass is 79.9. The number of ether oxygens (including phenoxy) is 1. The maximum Gasteiger partial charge on any atom is 0.127 e. The number of halogens is 1. The Labute approximate surface area is 85.9 Å². The summed E-state index contributed by atoms with van der Waals surface area (Å²) in [5.74, 6) is 0.934. The molecule has 0 N–H and O–H groups in total. The van der Waals surface area contributed by atoms with Gasteiger partial charge in [0.15, 0.2) is 0 Å². The van der Waals surface area contributed by atoms with E-state index >= 15 is 0 Å². The van der Waals surface area contributed by atoms with Crippen LogP contribution in [0.2, 0.25) is 0 Å². The average molecular weight is 237 g/mol. The molecule has 2 heteroatoms. The van der Waals surface area contributed by atoms with E-state index in [0.29, 0.717) is 6.61 Å². The Morgan fingerprint density at radius 2 is 2.23 bits per heavy atom. The molecule has 0 radical (unpaired) electrons. The number of rotatable bonds is 1. The normalized spacial score (nSPS) is 15.0. The van der Waals surface area contributed by atoms with E-state index in [0.717, 1.165) is 15.8 Å². The SMILES string of the molecule is Brc1cccc(C2=CC=CCO2)c1. The third-order valence-electron chi connectivity index (χ3n) is 1.83. The molecule has 0 unspecified atom stereocenters. The summed E-state index contributed by atoms with van der Waals surface area (Å²) in [6.07, 6.45) is 5.98. The van der Waals surface area contributed by atoms with Crippen molar-refractivity contribution < 1.29 is 4.74 Å². The Bertz CT molecular complexity index is 366. The minimum atomic E-state index is 0.665. The van der Waals surface area contributed by atoms with E-state index in [1.807, 2.05) is 42.5 Å². The van der Waals surface area contributed by atoms with Gasteiger partial charge < -0.3 is 4.74 Å². The first-order valence-corrected chi connectivity index (χ1v) is 4.91. The highest BCUT2D eigenvalue weighted by Crippen LogP contribution is 2.21. The van der Waals surface area contributed by atoms with Gasteiger partial charge in [0.25, 0.3) is 0 Å². The highest BCUT2D eigenvalue weighted by Gasteiger charge is 2.03. The molecule has 0 aliphatic carbocycles. The number of hydrogen-bond donors (Lipinski definition) is 0. The molecule has 1 aliphatic rings. The third-order valence-corrected chi connectivity index (χ3v) is 2.32. The molecule has 0 saturated carbocycles. The minimum Gasteiger partial charge on any atom is -0.489 e. The van der Waals surface area contributed by atoms with E-state index in [2.05, 4.69) is 15.9 Å². The van der Waals surface area contributed by atoms with Gasteiger partial charge in [0.2, 0.25) is 0 Å². The molecule has 0 amide bonds. The van der Waals surface area contributed by atoms with Crippen molar-refractivity contribution in [1.82, 2.24) is 0 Å². The van der Waals surface area contributed by atoms with Crippen LogP contribution in [0.25, 0.3) is 5.76 Å². The van der Waals surface area contributed by atoms with Crippen molar-refractivity contribution in [2.24, 2.45) is 0 Å². The van der Waals surface area contributed by atoms with Crippen LogP contribution in [0, 0.1) is 0 Å². The van der Waals surface area contributed by atoms with Crippen LogP contribution < -0.4 is 0 Å². The van der Waals surface area contributed by atoms with Crippen LogP contribution in [0.4, 0.5) is 0 Å². The second-order valence-corrected chi connectivity index (χ2v) is 3.70. The molecule has 0 fully saturated rings. The second kappa shape index (κ2) is 3.79. The molecule has 2 rings (SSSR count). The Morgan fingerprint density at radius 1 is 1.31 bits per heavy atom. The van der Waals surface area contributed by atoms with E-state index in [4.69, 9.17) is 4.74 Å². The molecule has 0 spiro atoms. The molecule has 1 aromatic carbocycles. The topological polar surface area (TPSA) is 9.23 Å². The summed E-state index contributed by atoms with van der Waals surface area (Å²) in [6, 6.07) is 8.09. The molecule has 0 atom stereocenters. The zero-order valence-electron chi connectivity index (χ0n) is 7.03. The molecule has 1 nitrogen and oxygen atoms in total. The summed E-state index contributed by atoms with van der Waals surface area (Å²) < 4.78 is 6.55. The van der Waals surface area contributed by atoms with Gasteiger partial charge in [-0.05, 0) is 24.3 Å². The lowest BCUT2D eigenvalue weighted by Gasteiger charge is -2.11. The zero-order chi connectivity index (χ0) is 9.10. The van der Waals surface area contributed by atoms with Crippen LogP contribution in [-0.4, -0.2) is 6.61 Å². The summed E-state index contributed by atoms with van der Waals surface area (Å²) in [6.45, 7) is 0.665. The van der Waals surface area contributed by atoms with Crippen LogP contribution in [0.3, 0.4) is 0 Å². The Hall–Kier alpha value is -1.02. The fourth-order valence-corrected chi connectivity index (χ4v) is 1.62. The largest absolute Gasteiger partial charge is 0.489 e. The Kier molecular flexibility index (Phi) is 2.50. The summed E-state index contributed by atoms with van der Waals surface area (Å²) >= 11 is 3.43. The van der Waals surface area contributed by atoms with E-state index in [1.165, 1.54) is 0 Å². The van der Waals surface area contributed by atoms with Gasteiger partial charge in [-0.25, -0.2) is 0 Å². The molecular weight excluding hydrogens is 228 g/mol. The van der Waals surface area contributed by atoms with Gasteiger partial charge in [0.05, 0.1) is 0 Å². The number of benzene rings is 1. The van der Waals surface area contributed by atoms with E-state index in [1.54, 1.807) is 0 Å². The van der Waals surface area contributed by atoms with Crippen LogP contribution >= 0.6 is 15.9 Å². The summed E-state index contributed by atoms with van der Waals surface area (Å²) in [7, 11) is 0. The van der Waals surface area contributed by atoms with Crippen LogP contribution in [-0.2, 0) is 4.74 Å². The van der Waals surface area contributed by atoms with E-state index in [-0.39, 0.29) is 0 Å². The average Bonchev–Trinajstić information content (AvgIpc) is 2.19. The molecule has 0 bridgehead atoms. The van der Waals surface area contributed by atoms with Crippen LogP contribution in [0.5, 0.6) is 0 Å². The van der Waals surface area contributed by atoms with Crippen molar-refractivity contribution >= 4 is 21.7 Å². The number of allylic oxidation sites excluding steroid dienone is 2. The summed E-state index contributed by atoms with van der Waals surface area (Å²) in [5.41, 5.74) is 1.11. The second-order valence-electron chi connectivity index (χ2n) is 2.78. The quantitative estimate of drug-likeness (QED) is 0.727. The van der Waals surface area contributed by atoms with Crippen molar-refractivity contribution in [1.29, 1.82) is 0 Å². The molecule has 0 aromatic heterocycles. The fourth-order valence-electron chi connectivity index (χ4n) is 1.22. The molecule has 1 heterocycles. The van der Waals surface area contributed by atoms with Crippen molar-refractivity contribution in [3.63, 3.8) is 0 Å². The summed E-state index contributed by atoms with van der Waals surface area (Å²) in [5, 5.41) is 0. The number of hydrogen-bond acceptors (Lipinski definition) is 1. The first-order chi connectivity index (χ1) is 6.36. The molecular formula is C11H9BrO. The minimum absolute atomic E-state index is 0.665. The van der Waals surface area contributed by atoms with Gasteiger partial charge in [-0.1, -0.05) is 34.1 Å². The molecule has 0 saturated heterocycles. The third kappa shape index (κ3) is 2.01. The Morgan fingerprint density at radius 3 is 2.92 bits per heavy atom. The molecule has 13 heavy (non-hydrogen) atoms. The van der Waals surface area contributed by atoms with Crippen molar-refractivity contribution in [3.05, 3.63) is 52.5 Å². The lowest BCUT2D eigenvalue weighted by molar-refractivity contribution is 0.316. The predicted molar refractivity (Wildman–Crippen MR) is 57.2 cm³/mol. The maximum absolute atomic E-state index is 5.47. The van der Waals surface area contributed by atoms with E-state index < -0.39 is 0 Å². The lowest BCUT2D eigenvalue weighted by Crippen LogP contribution is -1.95. The first kappa shape index (κ1) is 8.57. The van der Waals surface area contributed by atoms with Crippen LogP contribution in [0.15, 0.2) is 47.0 Å². The monoisotopic (exact) mass is 236 g/mol. The van der Waals surface area contributed by atoms with Gasteiger partial charge in [-0.3, -0.25) is 0 Å². The predicted octanol–water partition coefficient (Wildman–Crippen LogP) is 3.38. The van der Waals surface area contributed by atoms with Crippen molar-refractivity contribution in [2.75, 3.05) is 6.61 Å². The summed E-state index contributed by atoms with van der Waals surface area (Å²) in [4.78, 5) is 0. The Balaban J connectivity index is 2.34. The first-order valence-electron chi connectivity index (χ1n) is 4.12. The van der Waals surface area contributed by atoms with Gasteiger partial charge in [0.1, 0.15) is 12.4 Å². The van der Waals surface area contributed by atoms with Gasteiger partial charge >= 0.3 is 0 Å². The maximum atomic E-state index is 5.47. The molecule has 1 aliphatic heterocycles. The molecule has 66 valence electrons. The van der Waals surface area contributed by atoms with Gasteiger partial charge in [-0.15, -0.1) is 0 Å². The van der Waals surface area contributed by atoms with Crippen molar-refractivity contribution in [2.45, 2.75) is 0 Å². The van der Waals surface area contributed by atoms with E-state index in [9.17, 15) is 0 Å². The van der Waals surface area contributed by atoms with Gasteiger partial charge in [-0.2, -0.15) is 0 Å². The smallest absolute Gasteiger partial charge is 0.127 e. The van der Waals surface area contributed by atoms with Gasteiger partial charge in [0, 0.05) is 10.0 Å². The fraction of sp³-hybridized carbons (Fsp3) is 0.0909. The lowest BCUT2D eigenvalue weighted by atomic mass is 10.1. The van der Waals surface area contributed by atoms with Crippen LogP contribution in [0.1, 0.15) is 5.56 Å². The highest BCUT2D eigenvalue weighted by molar-refractivity contribution is 9.10. The zero-order valence-corrected chi connectivity index (χ0v) is 8.62. The molecule has 1 aromatic rings. The van der Waals surface area contributed by atoms with Crippen molar-refractivity contribution in [3.8, 4) is 0 Å². The standard InChI is InChI=1S/C11H9BrO/c12-10-5-3-4-9(8-10)11-6-1-2-7-13-11/h1-6,8H,7H2.